The van der Waals surface area contributed by atoms with Gasteiger partial charge in [-0.05, 0) is 5.23 Å². The molecule has 2 saturated heterocycles. The van der Waals surface area contributed by atoms with Crippen molar-refractivity contribution in [2.45, 2.75) is 38.3 Å². The fraction of sp³-hybridized carbons (Fsp3) is 0.636. The van der Waals surface area contributed by atoms with E-state index in [-0.39, 0.29) is 31.8 Å². The summed E-state index contributed by atoms with van der Waals surface area (Å²) in [5, 5.41) is 2.84. The number of amides is 2. The van der Waals surface area contributed by atoms with Gasteiger partial charge in [0, 0.05) is 19.3 Å². The van der Waals surface area contributed by atoms with Gasteiger partial charge in [0.25, 0.3) is 0 Å². The summed E-state index contributed by atoms with van der Waals surface area (Å²) in [7, 11) is 0. The molecule has 0 aromatic rings. The van der Waals surface area contributed by atoms with Crippen molar-refractivity contribution in [3.05, 3.63) is 0 Å². The maximum Gasteiger partial charge on any atom is 0.375 e. The summed E-state index contributed by atoms with van der Waals surface area (Å²) in [5.41, 5.74) is 0. The van der Waals surface area contributed by atoms with Crippen LogP contribution in [0.5, 0.6) is 0 Å². The van der Waals surface area contributed by atoms with Crippen LogP contribution in [0.15, 0.2) is 0 Å². The zero-order chi connectivity index (χ0) is 14.7. The van der Waals surface area contributed by atoms with E-state index in [0.29, 0.717) is 5.23 Å². The quantitative estimate of drug-likeness (QED) is 0.647. The SMILES string of the molecule is CCC(=O)N[C@H]1CON(OC(=O)C2CCC(=O)O2)C1=O. The molecule has 0 spiro atoms. The number of nitrogens with zero attached hydrogens (tertiary/aromatic N) is 1. The van der Waals surface area contributed by atoms with Crippen molar-refractivity contribution in [1.29, 1.82) is 0 Å². The van der Waals surface area contributed by atoms with Crippen molar-refractivity contribution >= 4 is 23.8 Å². The maximum atomic E-state index is 11.8. The van der Waals surface area contributed by atoms with Gasteiger partial charge in [-0.1, -0.05) is 6.92 Å². The Morgan fingerprint density at radius 1 is 1.45 bits per heavy atom. The number of hydroxylamine groups is 2. The van der Waals surface area contributed by atoms with E-state index in [0.717, 1.165) is 0 Å². The zero-order valence-electron chi connectivity index (χ0n) is 10.8. The summed E-state index contributed by atoms with van der Waals surface area (Å²) in [6, 6.07) is -0.888. The normalized spacial score (nSPS) is 25.6. The Hall–Kier alpha value is -2.16. The van der Waals surface area contributed by atoms with Gasteiger partial charge < -0.3 is 14.9 Å². The first-order chi connectivity index (χ1) is 9.51. The van der Waals surface area contributed by atoms with Gasteiger partial charge in [-0.2, -0.15) is 0 Å². The summed E-state index contributed by atoms with van der Waals surface area (Å²) in [6.45, 7) is 1.52. The van der Waals surface area contributed by atoms with Crippen molar-refractivity contribution in [2.24, 2.45) is 0 Å². The van der Waals surface area contributed by atoms with Crippen molar-refractivity contribution in [3.63, 3.8) is 0 Å². The molecule has 0 bridgehead atoms. The lowest BCUT2D eigenvalue weighted by molar-refractivity contribution is -0.306. The average Bonchev–Trinajstić information content (AvgIpc) is 2.99. The number of rotatable bonds is 4. The summed E-state index contributed by atoms with van der Waals surface area (Å²) < 4.78 is 4.70. The molecule has 9 nitrogen and oxygen atoms in total. The van der Waals surface area contributed by atoms with E-state index < -0.39 is 30.0 Å². The highest BCUT2D eigenvalue weighted by Gasteiger charge is 2.40. The molecule has 110 valence electrons. The first kappa shape index (κ1) is 14.3. The van der Waals surface area contributed by atoms with Gasteiger partial charge in [0.2, 0.25) is 12.0 Å². The van der Waals surface area contributed by atoms with Gasteiger partial charge in [-0.3, -0.25) is 14.4 Å². The van der Waals surface area contributed by atoms with E-state index in [1.54, 1.807) is 6.92 Å². The molecule has 2 heterocycles. The van der Waals surface area contributed by atoms with E-state index in [2.05, 4.69) is 5.32 Å². The minimum absolute atomic E-state index is 0.123. The number of hydrogen-bond acceptors (Lipinski definition) is 7. The Balaban J connectivity index is 1.85. The van der Waals surface area contributed by atoms with E-state index >= 15 is 0 Å². The summed E-state index contributed by atoms with van der Waals surface area (Å²) in [4.78, 5) is 55.0. The third kappa shape index (κ3) is 3.05. The van der Waals surface area contributed by atoms with Crippen LogP contribution in [0.4, 0.5) is 0 Å². The van der Waals surface area contributed by atoms with E-state index in [4.69, 9.17) is 14.4 Å². The standard InChI is InChI=1S/C11H14N2O7/c1-2-8(14)12-6-5-18-13(10(6)16)20-11(17)7-3-4-9(15)19-7/h6-7H,2-5H2,1H3,(H,12,14)/t6-,7?/m0/s1. The minimum atomic E-state index is -1.02. The first-order valence-electron chi connectivity index (χ1n) is 6.18. The zero-order valence-corrected chi connectivity index (χ0v) is 10.8. The average molecular weight is 286 g/mol. The van der Waals surface area contributed by atoms with Crippen LogP contribution in [0.3, 0.4) is 0 Å². The predicted molar refractivity (Wildman–Crippen MR) is 60.2 cm³/mol. The van der Waals surface area contributed by atoms with Crippen LogP contribution < -0.4 is 5.32 Å². The molecule has 2 atom stereocenters. The number of esters is 1. The van der Waals surface area contributed by atoms with Gasteiger partial charge in [-0.15, -0.1) is 0 Å². The lowest BCUT2D eigenvalue weighted by Gasteiger charge is -2.15. The highest BCUT2D eigenvalue weighted by atomic mass is 17.0. The molecule has 0 radical (unpaired) electrons. The molecule has 2 rings (SSSR count). The molecule has 0 aliphatic carbocycles. The summed E-state index contributed by atoms with van der Waals surface area (Å²) in [5.74, 6) is -2.38. The van der Waals surface area contributed by atoms with Crippen molar-refractivity contribution in [2.75, 3.05) is 6.61 Å². The molecule has 0 aromatic carbocycles. The molecule has 1 N–H and O–H groups in total. The molecular formula is C11H14N2O7. The fourth-order valence-electron chi connectivity index (χ4n) is 1.71. The van der Waals surface area contributed by atoms with Crippen LogP contribution >= 0.6 is 0 Å². The molecule has 0 saturated carbocycles. The maximum absolute atomic E-state index is 11.8. The lowest BCUT2D eigenvalue weighted by Crippen LogP contribution is -2.43. The number of hydrogen-bond donors (Lipinski definition) is 1. The van der Waals surface area contributed by atoms with Crippen LogP contribution in [0.1, 0.15) is 26.2 Å². The number of nitrogens with one attached hydrogen (secondary N) is 1. The third-order valence-corrected chi connectivity index (χ3v) is 2.81. The van der Waals surface area contributed by atoms with Crippen molar-refractivity contribution < 1.29 is 33.6 Å². The highest BCUT2D eigenvalue weighted by Crippen LogP contribution is 2.17. The first-order valence-corrected chi connectivity index (χ1v) is 6.18. The Bertz CT molecular complexity index is 450. The second-order valence-electron chi connectivity index (χ2n) is 4.29. The van der Waals surface area contributed by atoms with Crippen LogP contribution in [0.2, 0.25) is 0 Å². The van der Waals surface area contributed by atoms with E-state index in [1.807, 2.05) is 0 Å². The molecule has 2 amide bonds. The van der Waals surface area contributed by atoms with E-state index in [1.165, 1.54) is 0 Å². The Kier molecular flexibility index (Phi) is 4.18. The van der Waals surface area contributed by atoms with Crippen molar-refractivity contribution in [3.8, 4) is 0 Å². The number of carbonyl (C=O) groups is 4. The van der Waals surface area contributed by atoms with Gasteiger partial charge in [-0.25, -0.2) is 9.63 Å². The fourth-order valence-corrected chi connectivity index (χ4v) is 1.71. The lowest BCUT2D eigenvalue weighted by atomic mass is 10.2. The topological polar surface area (TPSA) is 111 Å². The number of ether oxygens (including phenoxy) is 1. The van der Waals surface area contributed by atoms with Gasteiger partial charge in [0.05, 0.1) is 0 Å². The molecule has 2 fully saturated rings. The second kappa shape index (κ2) is 5.87. The molecule has 2 aliphatic heterocycles. The monoisotopic (exact) mass is 286 g/mol. The Labute approximate surface area is 114 Å². The molecule has 1 unspecified atom stereocenters. The van der Waals surface area contributed by atoms with Crippen LogP contribution in [-0.2, 0) is 33.6 Å². The molecule has 20 heavy (non-hydrogen) atoms. The number of cyclic esters (lactones) is 1. The van der Waals surface area contributed by atoms with E-state index in [9.17, 15) is 19.2 Å². The van der Waals surface area contributed by atoms with Crippen molar-refractivity contribution in [1.82, 2.24) is 10.5 Å². The molecule has 0 aromatic heterocycles. The van der Waals surface area contributed by atoms with Crippen LogP contribution in [0.25, 0.3) is 0 Å². The van der Waals surface area contributed by atoms with Gasteiger partial charge in [0.15, 0.2) is 0 Å². The minimum Gasteiger partial charge on any atom is -0.450 e. The highest BCUT2D eigenvalue weighted by molar-refractivity contribution is 5.89. The predicted octanol–water partition coefficient (Wildman–Crippen LogP) is -1.18. The Morgan fingerprint density at radius 3 is 2.80 bits per heavy atom. The van der Waals surface area contributed by atoms with Crippen LogP contribution in [-0.4, -0.2) is 47.7 Å². The van der Waals surface area contributed by atoms with Gasteiger partial charge in [0.1, 0.15) is 12.6 Å². The summed E-state index contributed by atoms with van der Waals surface area (Å²) in [6.07, 6.45) is -0.468. The largest absolute Gasteiger partial charge is 0.450 e. The summed E-state index contributed by atoms with van der Waals surface area (Å²) >= 11 is 0. The van der Waals surface area contributed by atoms with Gasteiger partial charge >= 0.3 is 17.8 Å². The van der Waals surface area contributed by atoms with Crippen LogP contribution in [0, 0.1) is 0 Å². The third-order valence-electron chi connectivity index (χ3n) is 2.81. The molecule has 9 heteroatoms. The molecular weight excluding hydrogens is 272 g/mol. The second-order valence-corrected chi connectivity index (χ2v) is 4.29. The molecule has 2 aliphatic rings. The smallest absolute Gasteiger partial charge is 0.375 e. The Morgan fingerprint density at radius 2 is 2.20 bits per heavy atom. The number of carbonyl (C=O) groups excluding carboxylic acids is 4.